The summed E-state index contributed by atoms with van der Waals surface area (Å²) in [6.45, 7) is 27.2. The van der Waals surface area contributed by atoms with Crippen molar-refractivity contribution in [2.75, 3.05) is 0 Å². The molecule has 238 valence electrons. The van der Waals surface area contributed by atoms with Crippen molar-refractivity contribution in [3.8, 4) is 0 Å². The molecule has 2 heteroatoms. The fourth-order valence-corrected chi connectivity index (χ4v) is 14.1. The average Bonchev–Trinajstić information content (AvgIpc) is 2.86. The first-order valence-corrected chi connectivity index (χ1v) is 18.4. The van der Waals surface area contributed by atoms with E-state index in [1.807, 2.05) is 6.92 Å². The topological polar surface area (TPSA) is 40.5 Å². The lowest BCUT2D eigenvalue weighted by Crippen LogP contribution is -2.69. The summed E-state index contributed by atoms with van der Waals surface area (Å²) in [6, 6.07) is 0. The highest BCUT2D eigenvalue weighted by atomic mass is 16.3. The van der Waals surface area contributed by atoms with E-state index >= 15 is 0 Å². The second-order valence-corrected chi connectivity index (χ2v) is 18.7. The summed E-state index contributed by atoms with van der Waals surface area (Å²) in [7, 11) is 0. The third kappa shape index (κ3) is 5.12. The Bertz CT molecular complexity index is 903. The molecule has 0 radical (unpaired) electrons. The zero-order chi connectivity index (χ0) is 30.2. The average molecular weight is 571 g/mol. The molecule has 0 spiro atoms. The maximum atomic E-state index is 12.7. The van der Waals surface area contributed by atoms with Gasteiger partial charge in [0.1, 0.15) is 0 Å². The number of aliphatic hydroxyl groups excluding tert-OH is 2. The van der Waals surface area contributed by atoms with E-state index in [1.54, 1.807) is 0 Å². The van der Waals surface area contributed by atoms with Crippen LogP contribution in [-0.2, 0) is 0 Å². The molecule has 0 aromatic heterocycles. The van der Waals surface area contributed by atoms with Gasteiger partial charge in [-0.2, -0.15) is 0 Å². The van der Waals surface area contributed by atoms with Gasteiger partial charge in [-0.05, 0) is 132 Å². The molecule has 0 aromatic rings. The van der Waals surface area contributed by atoms with E-state index in [1.165, 1.54) is 64.2 Å². The summed E-state index contributed by atoms with van der Waals surface area (Å²) >= 11 is 0. The smallest absolute Gasteiger partial charge is 0.0609 e. The third-order valence-electron chi connectivity index (χ3n) is 16.3. The van der Waals surface area contributed by atoms with Crippen LogP contribution >= 0.6 is 0 Å². The minimum absolute atomic E-state index is 0.131. The van der Waals surface area contributed by atoms with Gasteiger partial charge in [0.25, 0.3) is 0 Å². The highest BCUT2D eigenvalue weighted by Gasteiger charge is 2.69. The molecule has 5 rings (SSSR count). The predicted octanol–water partition coefficient (Wildman–Crippen LogP) is 9.87. The molecule has 0 saturated heterocycles. The van der Waals surface area contributed by atoms with Crippen LogP contribution in [0.25, 0.3) is 0 Å². The molecule has 2 nitrogen and oxygen atoms in total. The van der Waals surface area contributed by atoms with Gasteiger partial charge in [0, 0.05) is 0 Å². The lowest BCUT2D eigenvalue weighted by atomic mass is 9.32. The standard InChI is InChI=1S/C39H70O2/c1-22(2)31-18-30(17-16-29-14-12-23(3)13-15-29)25(5)34-32(31)20-37(9)21-38(10)19-24(4)33(28(8)40)26(6)39(38,11)27(7)35(37)36(34)41/h22-36,40-41H,12-21H2,1-11H3. The van der Waals surface area contributed by atoms with Gasteiger partial charge in [0.2, 0.25) is 0 Å². The Labute approximate surface area is 255 Å². The van der Waals surface area contributed by atoms with Gasteiger partial charge in [0.05, 0.1) is 12.2 Å². The SMILES string of the molecule is CC1CCC(CCC2CC(C(C)C)C3CC4(C)CC5(C)CC(C)C(C(C)O)C(C)C5(C)C(C)C4C(O)C3C2C)CC1. The second kappa shape index (κ2) is 11.4. The molecule has 41 heavy (non-hydrogen) atoms. The highest BCUT2D eigenvalue weighted by molar-refractivity contribution is 5.18. The van der Waals surface area contributed by atoms with Crippen LogP contribution in [0.2, 0.25) is 0 Å². The second-order valence-electron chi connectivity index (χ2n) is 18.7. The van der Waals surface area contributed by atoms with Crippen LogP contribution in [-0.4, -0.2) is 22.4 Å². The summed E-state index contributed by atoms with van der Waals surface area (Å²) in [5.74, 6) is 8.01. The van der Waals surface area contributed by atoms with Crippen molar-refractivity contribution in [2.45, 2.75) is 153 Å². The summed E-state index contributed by atoms with van der Waals surface area (Å²) < 4.78 is 0. The minimum atomic E-state index is -0.263. The normalized spacial score (nSPS) is 56.5. The number of fused-ring (bicyclic) bond motifs is 3. The molecule has 0 bridgehead atoms. The molecule has 5 aliphatic rings. The number of rotatable bonds is 5. The Morgan fingerprint density at radius 2 is 1.46 bits per heavy atom. The van der Waals surface area contributed by atoms with Crippen molar-refractivity contribution >= 4 is 0 Å². The third-order valence-corrected chi connectivity index (χ3v) is 16.3. The van der Waals surface area contributed by atoms with Crippen molar-refractivity contribution in [1.29, 1.82) is 0 Å². The molecular formula is C39H70O2. The van der Waals surface area contributed by atoms with E-state index in [9.17, 15) is 10.2 Å². The Morgan fingerprint density at radius 3 is 2.05 bits per heavy atom. The van der Waals surface area contributed by atoms with Crippen LogP contribution < -0.4 is 0 Å². The van der Waals surface area contributed by atoms with Gasteiger partial charge in [0.15, 0.2) is 0 Å². The largest absolute Gasteiger partial charge is 0.393 e. The molecule has 5 saturated carbocycles. The first-order valence-electron chi connectivity index (χ1n) is 18.4. The molecule has 15 atom stereocenters. The van der Waals surface area contributed by atoms with Crippen molar-refractivity contribution < 1.29 is 10.2 Å². The van der Waals surface area contributed by atoms with Crippen LogP contribution in [0.5, 0.6) is 0 Å². The molecule has 0 aromatic carbocycles. The van der Waals surface area contributed by atoms with Crippen LogP contribution in [0.3, 0.4) is 0 Å². The summed E-state index contributed by atoms with van der Waals surface area (Å²) in [5, 5.41) is 23.7. The Kier molecular flexibility index (Phi) is 8.96. The molecule has 5 fully saturated rings. The number of hydrogen-bond acceptors (Lipinski definition) is 2. The van der Waals surface area contributed by atoms with E-state index in [0.29, 0.717) is 53.3 Å². The Morgan fingerprint density at radius 1 is 0.829 bits per heavy atom. The van der Waals surface area contributed by atoms with Crippen LogP contribution in [0.1, 0.15) is 140 Å². The Hall–Kier alpha value is -0.0800. The maximum absolute atomic E-state index is 12.7. The van der Waals surface area contributed by atoms with Gasteiger partial charge < -0.3 is 10.2 Å². The van der Waals surface area contributed by atoms with Gasteiger partial charge in [-0.25, -0.2) is 0 Å². The van der Waals surface area contributed by atoms with Crippen molar-refractivity contribution in [2.24, 2.45) is 93.2 Å². The van der Waals surface area contributed by atoms with Gasteiger partial charge in [-0.1, -0.05) is 101 Å². The fourth-order valence-electron chi connectivity index (χ4n) is 14.1. The highest BCUT2D eigenvalue weighted by Crippen LogP contribution is 2.74. The first kappa shape index (κ1) is 32.3. The van der Waals surface area contributed by atoms with Crippen molar-refractivity contribution in [1.82, 2.24) is 0 Å². The van der Waals surface area contributed by atoms with Crippen LogP contribution in [0.15, 0.2) is 0 Å². The van der Waals surface area contributed by atoms with Gasteiger partial charge in [-0.15, -0.1) is 0 Å². The van der Waals surface area contributed by atoms with E-state index in [-0.39, 0.29) is 28.5 Å². The molecule has 0 amide bonds. The first-order chi connectivity index (χ1) is 19.1. The van der Waals surface area contributed by atoms with Crippen molar-refractivity contribution in [3.63, 3.8) is 0 Å². The molecule has 2 N–H and O–H groups in total. The minimum Gasteiger partial charge on any atom is -0.393 e. The quantitative estimate of drug-likeness (QED) is 0.345. The summed E-state index contributed by atoms with van der Waals surface area (Å²) in [5.41, 5.74) is 0.581. The zero-order valence-electron chi connectivity index (χ0n) is 29.1. The zero-order valence-corrected chi connectivity index (χ0v) is 29.1. The fraction of sp³-hybridized carbons (Fsp3) is 1.00. The van der Waals surface area contributed by atoms with Crippen LogP contribution in [0, 0.1) is 93.2 Å². The molecule has 5 aliphatic carbocycles. The molecular weight excluding hydrogens is 500 g/mol. The predicted molar refractivity (Wildman–Crippen MR) is 173 cm³/mol. The molecule has 15 unspecified atom stereocenters. The van der Waals surface area contributed by atoms with E-state index in [4.69, 9.17) is 0 Å². The summed E-state index contributed by atoms with van der Waals surface area (Å²) in [4.78, 5) is 0. The lowest BCUT2D eigenvalue weighted by Gasteiger charge is -2.73. The molecule has 0 heterocycles. The van der Waals surface area contributed by atoms with Crippen molar-refractivity contribution in [3.05, 3.63) is 0 Å². The Balaban J connectivity index is 1.44. The van der Waals surface area contributed by atoms with E-state index in [0.717, 1.165) is 23.7 Å². The van der Waals surface area contributed by atoms with Crippen LogP contribution in [0.4, 0.5) is 0 Å². The van der Waals surface area contributed by atoms with Gasteiger partial charge in [-0.3, -0.25) is 0 Å². The van der Waals surface area contributed by atoms with E-state index in [2.05, 4.69) is 69.2 Å². The number of hydrogen-bond donors (Lipinski definition) is 2. The lowest BCUT2D eigenvalue weighted by molar-refractivity contribution is -0.267. The maximum Gasteiger partial charge on any atom is 0.0609 e. The van der Waals surface area contributed by atoms with Gasteiger partial charge >= 0.3 is 0 Å². The number of aliphatic hydroxyl groups is 2. The summed E-state index contributed by atoms with van der Waals surface area (Å²) in [6.07, 6.45) is 13.3. The molecule has 0 aliphatic heterocycles. The van der Waals surface area contributed by atoms with E-state index < -0.39 is 0 Å². The monoisotopic (exact) mass is 571 g/mol.